The van der Waals surface area contributed by atoms with Crippen LogP contribution in [0.5, 0.6) is 0 Å². The second-order valence-corrected chi connectivity index (χ2v) is 7.71. The standard InChI is InChI=1S/C18H19ClN4OS/c19-14-7-5-13(6-8-14)15-10-20-17(24-15)11-25-18-21-16(22-23-18)9-12-3-1-2-4-12/h5-8,10,12H,1-4,9,11H2,(H,21,22,23). The van der Waals surface area contributed by atoms with Crippen LogP contribution in [0.2, 0.25) is 5.02 Å². The molecule has 1 saturated carbocycles. The number of nitrogens with zero attached hydrogens (tertiary/aromatic N) is 3. The van der Waals surface area contributed by atoms with Gasteiger partial charge in [-0.05, 0) is 30.2 Å². The van der Waals surface area contributed by atoms with Crippen molar-refractivity contribution in [3.63, 3.8) is 0 Å². The summed E-state index contributed by atoms with van der Waals surface area (Å²) in [6, 6.07) is 7.52. The largest absolute Gasteiger partial charge is 0.440 e. The van der Waals surface area contributed by atoms with Gasteiger partial charge in [-0.1, -0.05) is 49.0 Å². The number of aromatic nitrogens is 4. The quantitative estimate of drug-likeness (QED) is 0.605. The minimum absolute atomic E-state index is 0.605. The topological polar surface area (TPSA) is 67.6 Å². The summed E-state index contributed by atoms with van der Waals surface area (Å²) in [6.07, 6.45) is 8.07. The van der Waals surface area contributed by atoms with Crippen molar-refractivity contribution in [2.75, 3.05) is 0 Å². The minimum atomic E-state index is 0.605. The Bertz CT molecular complexity index is 824. The highest BCUT2D eigenvalue weighted by molar-refractivity contribution is 7.98. The SMILES string of the molecule is Clc1ccc(-c2cnc(CSc3n[nH]c(CC4CCCC4)n3)o2)cc1. The molecule has 2 aromatic heterocycles. The summed E-state index contributed by atoms with van der Waals surface area (Å²) in [5.74, 6) is 3.76. The first-order valence-electron chi connectivity index (χ1n) is 8.51. The monoisotopic (exact) mass is 374 g/mol. The van der Waals surface area contributed by atoms with E-state index in [0.717, 1.165) is 34.6 Å². The fourth-order valence-electron chi connectivity index (χ4n) is 3.17. The number of rotatable bonds is 6. The van der Waals surface area contributed by atoms with E-state index in [1.54, 1.807) is 6.20 Å². The Kier molecular flexibility index (Phi) is 5.08. The first-order chi connectivity index (χ1) is 12.3. The molecule has 0 radical (unpaired) electrons. The van der Waals surface area contributed by atoms with Gasteiger partial charge < -0.3 is 4.42 Å². The van der Waals surface area contributed by atoms with E-state index >= 15 is 0 Å². The van der Waals surface area contributed by atoms with Crippen LogP contribution in [-0.2, 0) is 12.2 Å². The van der Waals surface area contributed by atoms with Gasteiger partial charge in [0.15, 0.2) is 5.76 Å². The molecule has 1 N–H and O–H groups in total. The van der Waals surface area contributed by atoms with Crippen LogP contribution in [0.4, 0.5) is 0 Å². The van der Waals surface area contributed by atoms with Gasteiger partial charge >= 0.3 is 0 Å². The molecular weight excluding hydrogens is 356 g/mol. The third-order valence-electron chi connectivity index (χ3n) is 4.48. The van der Waals surface area contributed by atoms with Crippen LogP contribution >= 0.6 is 23.4 Å². The van der Waals surface area contributed by atoms with Gasteiger partial charge in [0.05, 0.1) is 11.9 Å². The summed E-state index contributed by atoms with van der Waals surface area (Å²) in [4.78, 5) is 8.91. The van der Waals surface area contributed by atoms with E-state index in [4.69, 9.17) is 16.0 Å². The lowest BCUT2D eigenvalue weighted by Gasteiger charge is -2.03. The molecule has 1 aromatic carbocycles. The molecule has 0 amide bonds. The third-order valence-corrected chi connectivity index (χ3v) is 5.56. The number of benzene rings is 1. The summed E-state index contributed by atoms with van der Waals surface area (Å²) in [7, 11) is 0. The van der Waals surface area contributed by atoms with Crippen LogP contribution in [0.1, 0.15) is 37.4 Å². The first kappa shape index (κ1) is 16.7. The molecule has 0 spiro atoms. The number of oxazole rings is 1. The highest BCUT2D eigenvalue weighted by Crippen LogP contribution is 2.28. The fraction of sp³-hybridized carbons (Fsp3) is 0.389. The molecule has 0 aliphatic heterocycles. The Morgan fingerprint density at radius 2 is 2.00 bits per heavy atom. The molecule has 7 heteroatoms. The van der Waals surface area contributed by atoms with Crippen LogP contribution in [0.3, 0.4) is 0 Å². The number of H-pyrrole nitrogens is 1. The Balaban J connectivity index is 1.34. The zero-order valence-corrected chi connectivity index (χ0v) is 15.3. The highest BCUT2D eigenvalue weighted by Gasteiger charge is 2.17. The van der Waals surface area contributed by atoms with Crippen molar-refractivity contribution >= 4 is 23.4 Å². The smallest absolute Gasteiger partial charge is 0.208 e. The Hall–Kier alpha value is -1.79. The zero-order chi connectivity index (χ0) is 17.1. The maximum absolute atomic E-state index is 5.91. The minimum Gasteiger partial charge on any atom is -0.440 e. The summed E-state index contributed by atoms with van der Waals surface area (Å²) in [5.41, 5.74) is 0.963. The second-order valence-electron chi connectivity index (χ2n) is 6.33. The average molecular weight is 375 g/mol. The average Bonchev–Trinajstić information content (AvgIpc) is 3.36. The van der Waals surface area contributed by atoms with Crippen LogP contribution in [-0.4, -0.2) is 20.2 Å². The van der Waals surface area contributed by atoms with Crippen molar-refractivity contribution in [2.45, 2.75) is 43.0 Å². The van der Waals surface area contributed by atoms with E-state index in [2.05, 4.69) is 20.2 Å². The number of aromatic amines is 1. The predicted molar refractivity (Wildman–Crippen MR) is 98.6 cm³/mol. The molecule has 0 atom stereocenters. The van der Waals surface area contributed by atoms with Crippen LogP contribution in [0, 0.1) is 5.92 Å². The zero-order valence-electron chi connectivity index (χ0n) is 13.7. The second kappa shape index (κ2) is 7.62. The lowest BCUT2D eigenvalue weighted by Crippen LogP contribution is -2.00. The van der Waals surface area contributed by atoms with E-state index < -0.39 is 0 Å². The summed E-state index contributed by atoms with van der Waals surface area (Å²) < 4.78 is 5.80. The molecule has 130 valence electrons. The van der Waals surface area contributed by atoms with Crippen LogP contribution in [0.25, 0.3) is 11.3 Å². The molecular formula is C18H19ClN4OS. The van der Waals surface area contributed by atoms with E-state index in [1.807, 2.05) is 24.3 Å². The molecule has 2 heterocycles. The van der Waals surface area contributed by atoms with Gasteiger partial charge in [-0.15, -0.1) is 5.10 Å². The number of hydrogen-bond donors (Lipinski definition) is 1. The molecule has 0 saturated heterocycles. The molecule has 1 aliphatic rings. The molecule has 3 aromatic rings. The highest BCUT2D eigenvalue weighted by atomic mass is 35.5. The molecule has 0 unspecified atom stereocenters. The predicted octanol–water partition coefficient (Wildman–Crippen LogP) is 5.14. The molecule has 1 fully saturated rings. The number of thioether (sulfide) groups is 1. The molecule has 4 rings (SSSR count). The lowest BCUT2D eigenvalue weighted by molar-refractivity contribution is 0.529. The van der Waals surface area contributed by atoms with Crippen molar-refractivity contribution in [1.82, 2.24) is 20.2 Å². The maximum atomic E-state index is 5.91. The van der Waals surface area contributed by atoms with Gasteiger partial charge in [0, 0.05) is 17.0 Å². The van der Waals surface area contributed by atoms with E-state index in [-0.39, 0.29) is 0 Å². The lowest BCUT2D eigenvalue weighted by atomic mass is 10.0. The van der Waals surface area contributed by atoms with Crippen molar-refractivity contribution in [3.8, 4) is 11.3 Å². The number of halogens is 1. The molecule has 0 bridgehead atoms. The fourth-order valence-corrected chi connectivity index (χ4v) is 3.97. The van der Waals surface area contributed by atoms with Gasteiger partial charge in [-0.25, -0.2) is 9.97 Å². The maximum Gasteiger partial charge on any atom is 0.208 e. The van der Waals surface area contributed by atoms with E-state index in [0.29, 0.717) is 16.7 Å². The van der Waals surface area contributed by atoms with Crippen molar-refractivity contribution in [3.05, 3.63) is 47.2 Å². The van der Waals surface area contributed by atoms with Gasteiger partial charge in [-0.3, -0.25) is 5.10 Å². The van der Waals surface area contributed by atoms with Crippen molar-refractivity contribution in [1.29, 1.82) is 0 Å². The van der Waals surface area contributed by atoms with Crippen molar-refractivity contribution in [2.24, 2.45) is 5.92 Å². The molecule has 1 aliphatic carbocycles. The number of nitrogens with one attached hydrogen (secondary N) is 1. The molecule has 5 nitrogen and oxygen atoms in total. The van der Waals surface area contributed by atoms with Crippen molar-refractivity contribution < 1.29 is 4.42 Å². The number of hydrogen-bond acceptors (Lipinski definition) is 5. The normalized spacial score (nSPS) is 15.1. The summed E-state index contributed by atoms with van der Waals surface area (Å²) in [5, 5.41) is 8.81. The Morgan fingerprint density at radius 1 is 1.20 bits per heavy atom. The van der Waals surface area contributed by atoms with Crippen LogP contribution in [0.15, 0.2) is 40.0 Å². The van der Waals surface area contributed by atoms with Gasteiger partial charge in [0.1, 0.15) is 5.82 Å². The Morgan fingerprint density at radius 3 is 2.80 bits per heavy atom. The van der Waals surface area contributed by atoms with Gasteiger partial charge in [0.25, 0.3) is 0 Å². The van der Waals surface area contributed by atoms with Crippen LogP contribution < -0.4 is 0 Å². The van der Waals surface area contributed by atoms with E-state index in [9.17, 15) is 0 Å². The Labute approximate surface area is 155 Å². The summed E-state index contributed by atoms with van der Waals surface area (Å²) in [6.45, 7) is 0. The molecule has 25 heavy (non-hydrogen) atoms. The first-order valence-corrected chi connectivity index (χ1v) is 9.87. The summed E-state index contributed by atoms with van der Waals surface area (Å²) >= 11 is 7.44. The van der Waals surface area contributed by atoms with E-state index in [1.165, 1.54) is 37.4 Å². The van der Waals surface area contributed by atoms with Gasteiger partial charge in [0.2, 0.25) is 11.0 Å². The third kappa shape index (κ3) is 4.25. The van der Waals surface area contributed by atoms with Gasteiger partial charge in [-0.2, -0.15) is 0 Å².